The van der Waals surface area contributed by atoms with Crippen molar-refractivity contribution in [2.75, 3.05) is 0 Å². The first-order valence-corrected chi connectivity index (χ1v) is 7.83. The topological polar surface area (TPSA) is 51.3 Å². The lowest BCUT2D eigenvalue weighted by Crippen LogP contribution is -2.54. The predicted molar refractivity (Wildman–Crippen MR) is 78.3 cm³/mol. The van der Waals surface area contributed by atoms with E-state index in [1.807, 2.05) is 0 Å². The van der Waals surface area contributed by atoms with Crippen LogP contribution in [0, 0.1) is 11.8 Å². The highest BCUT2D eigenvalue weighted by atomic mass is 15.3. The van der Waals surface area contributed by atoms with Crippen molar-refractivity contribution < 1.29 is 4.70 Å². The van der Waals surface area contributed by atoms with Crippen LogP contribution in [-0.4, -0.2) is 21.8 Å². The Bertz CT molecular complexity index is 535. The third-order valence-electron chi connectivity index (χ3n) is 6.20. The molecular formula is C17H23N3. The molecule has 3 aliphatic rings. The molecule has 2 saturated heterocycles. The van der Waals surface area contributed by atoms with Crippen LogP contribution >= 0.6 is 0 Å². The van der Waals surface area contributed by atoms with Crippen molar-refractivity contribution in [3.8, 4) is 0 Å². The van der Waals surface area contributed by atoms with Crippen LogP contribution in [0.4, 0.5) is 0 Å². The third kappa shape index (κ3) is 1.44. The SMILES string of the molecule is CC12CC3CC(N)CC(C1)C3(Cc1ccccc1)[N+]2=[N-]. The number of benzene rings is 1. The Morgan fingerprint density at radius 2 is 1.80 bits per heavy atom. The van der Waals surface area contributed by atoms with Crippen molar-refractivity contribution >= 4 is 0 Å². The van der Waals surface area contributed by atoms with Gasteiger partial charge < -0.3 is 16.0 Å². The molecule has 106 valence electrons. The summed E-state index contributed by atoms with van der Waals surface area (Å²) in [6.07, 6.45) is 5.29. The minimum absolute atomic E-state index is 0.0236. The van der Waals surface area contributed by atoms with Crippen molar-refractivity contribution in [2.45, 2.75) is 56.1 Å². The van der Waals surface area contributed by atoms with Gasteiger partial charge in [0, 0.05) is 37.1 Å². The average Bonchev–Trinajstić information content (AvgIpc) is 2.73. The van der Waals surface area contributed by atoms with Crippen LogP contribution in [0.25, 0.3) is 5.53 Å². The molecule has 1 saturated carbocycles. The molecule has 3 heteroatoms. The van der Waals surface area contributed by atoms with Gasteiger partial charge >= 0.3 is 0 Å². The monoisotopic (exact) mass is 269 g/mol. The number of hydrogen-bond acceptors (Lipinski definition) is 1. The van der Waals surface area contributed by atoms with Crippen molar-refractivity contribution in [3.63, 3.8) is 0 Å². The number of hydrogen-bond donors (Lipinski definition) is 1. The second-order valence-corrected chi connectivity index (χ2v) is 7.50. The number of fused-ring (bicyclic) bond motifs is 1. The minimum atomic E-state index is -0.0635. The molecule has 0 amide bonds. The predicted octanol–water partition coefficient (Wildman–Crippen LogP) is 2.92. The fraction of sp³-hybridized carbons (Fsp3) is 0.647. The highest BCUT2D eigenvalue weighted by molar-refractivity contribution is 5.23. The molecule has 2 N–H and O–H groups in total. The maximum absolute atomic E-state index is 10.9. The van der Waals surface area contributed by atoms with Crippen molar-refractivity contribution in [1.82, 2.24) is 0 Å². The first-order valence-electron chi connectivity index (χ1n) is 7.83. The van der Waals surface area contributed by atoms with Gasteiger partial charge in [-0.15, -0.1) is 0 Å². The van der Waals surface area contributed by atoms with Gasteiger partial charge in [0.2, 0.25) is 0 Å². The van der Waals surface area contributed by atoms with Gasteiger partial charge in [-0.3, -0.25) is 0 Å². The second-order valence-electron chi connectivity index (χ2n) is 7.50. The Balaban J connectivity index is 1.76. The fourth-order valence-electron chi connectivity index (χ4n) is 5.54. The van der Waals surface area contributed by atoms with Gasteiger partial charge in [0.1, 0.15) is 5.54 Å². The molecule has 2 atom stereocenters. The molecule has 2 unspecified atom stereocenters. The summed E-state index contributed by atoms with van der Waals surface area (Å²) in [5.74, 6) is 1.08. The summed E-state index contributed by atoms with van der Waals surface area (Å²) >= 11 is 0. The maximum atomic E-state index is 10.9. The number of nitrogens with two attached hydrogens (primary N) is 1. The second kappa shape index (κ2) is 3.91. The lowest BCUT2D eigenvalue weighted by atomic mass is 9.58. The normalized spacial score (nSPS) is 45.9. The first-order chi connectivity index (χ1) is 9.54. The Kier molecular flexibility index (Phi) is 2.45. The molecule has 2 heterocycles. The van der Waals surface area contributed by atoms with Crippen LogP contribution in [0.1, 0.15) is 38.2 Å². The minimum Gasteiger partial charge on any atom is -0.506 e. The van der Waals surface area contributed by atoms with Crippen LogP contribution < -0.4 is 5.73 Å². The molecule has 1 aromatic carbocycles. The summed E-state index contributed by atoms with van der Waals surface area (Å²) in [6.45, 7) is 2.23. The van der Waals surface area contributed by atoms with Gasteiger partial charge in [-0.2, -0.15) is 0 Å². The Morgan fingerprint density at radius 3 is 2.40 bits per heavy atom. The molecule has 3 nitrogen and oxygen atoms in total. The van der Waals surface area contributed by atoms with Crippen molar-refractivity contribution in [3.05, 3.63) is 41.4 Å². The zero-order valence-electron chi connectivity index (χ0n) is 12.1. The van der Waals surface area contributed by atoms with Crippen LogP contribution in [-0.2, 0) is 6.42 Å². The van der Waals surface area contributed by atoms with E-state index < -0.39 is 0 Å². The fourth-order valence-corrected chi connectivity index (χ4v) is 5.54. The molecular weight excluding hydrogens is 246 g/mol. The summed E-state index contributed by atoms with van der Waals surface area (Å²) in [4.78, 5) is 0. The first kappa shape index (κ1) is 12.5. The number of rotatable bonds is 2. The van der Waals surface area contributed by atoms with E-state index in [9.17, 15) is 5.53 Å². The highest BCUT2D eigenvalue weighted by Gasteiger charge is 2.72. The molecule has 2 bridgehead atoms. The van der Waals surface area contributed by atoms with Gasteiger partial charge in [-0.1, -0.05) is 30.3 Å². The Morgan fingerprint density at radius 1 is 1.20 bits per heavy atom. The zero-order valence-corrected chi connectivity index (χ0v) is 12.1. The van der Waals surface area contributed by atoms with E-state index in [0.29, 0.717) is 17.9 Å². The standard InChI is InChI=1S/C17H23N3/c1-16-10-13-7-15(18)8-14(11-16)17(13,20(16)19)9-12-5-3-2-4-6-12/h2-6,13-15H,7-11,18H2,1H3. The van der Waals surface area contributed by atoms with E-state index in [-0.39, 0.29) is 11.1 Å². The van der Waals surface area contributed by atoms with Crippen molar-refractivity contribution in [2.24, 2.45) is 17.6 Å². The Hall–Kier alpha value is -1.22. The number of nitrogens with zero attached hydrogens (tertiary/aromatic N) is 2. The molecule has 4 rings (SSSR count). The molecule has 20 heavy (non-hydrogen) atoms. The average molecular weight is 269 g/mol. The lowest BCUT2D eigenvalue weighted by molar-refractivity contribution is -0.652. The van der Waals surface area contributed by atoms with Crippen molar-refractivity contribution in [1.29, 1.82) is 0 Å². The van der Waals surface area contributed by atoms with E-state index >= 15 is 0 Å². The third-order valence-corrected chi connectivity index (χ3v) is 6.20. The summed E-state index contributed by atoms with van der Waals surface area (Å²) in [5, 5.41) is 0. The molecule has 1 aliphatic carbocycles. The van der Waals surface area contributed by atoms with Gasteiger partial charge in [-0.25, -0.2) is 0 Å². The molecule has 3 fully saturated rings. The largest absolute Gasteiger partial charge is 0.506 e. The Labute approximate surface area is 120 Å². The van der Waals surface area contributed by atoms with Crippen LogP contribution in [0.5, 0.6) is 0 Å². The molecule has 0 radical (unpaired) electrons. The van der Waals surface area contributed by atoms with Gasteiger partial charge in [0.25, 0.3) is 0 Å². The highest BCUT2D eigenvalue weighted by Crippen LogP contribution is 2.62. The maximum Gasteiger partial charge on any atom is 0.161 e. The molecule has 0 spiro atoms. The van der Waals surface area contributed by atoms with Crippen LogP contribution in [0.2, 0.25) is 0 Å². The molecule has 1 aromatic rings. The summed E-state index contributed by atoms with van der Waals surface area (Å²) in [6, 6.07) is 10.9. The van der Waals surface area contributed by atoms with Gasteiger partial charge in [-0.05, 0) is 25.3 Å². The lowest BCUT2D eigenvalue weighted by Gasteiger charge is -2.43. The van der Waals surface area contributed by atoms with Crippen LogP contribution in [0.3, 0.4) is 0 Å². The zero-order chi connectivity index (χ0) is 14.0. The summed E-state index contributed by atoms with van der Waals surface area (Å²) in [7, 11) is 0. The van der Waals surface area contributed by atoms with E-state index in [2.05, 4.69) is 37.3 Å². The van der Waals surface area contributed by atoms with E-state index in [4.69, 9.17) is 5.73 Å². The van der Waals surface area contributed by atoms with E-state index in [1.165, 1.54) is 5.56 Å². The summed E-state index contributed by atoms with van der Waals surface area (Å²) < 4.78 is 1.74. The van der Waals surface area contributed by atoms with Gasteiger partial charge in [0.15, 0.2) is 5.54 Å². The van der Waals surface area contributed by atoms with Gasteiger partial charge in [0.05, 0.1) is 0 Å². The van der Waals surface area contributed by atoms with E-state index in [1.54, 1.807) is 4.70 Å². The summed E-state index contributed by atoms with van der Waals surface area (Å²) in [5.41, 5.74) is 18.4. The smallest absolute Gasteiger partial charge is 0.161 e. The molecule has 0 aromatic heterocycles. The molecule has 2 aliphatic heterocycles. The quantitative estimate of drug-likeness (QED) is 0.825. The van der Waals surface area contributed by atoms with E-state index in [0.717, 1.165) is 32.1 Å². The van der Waals surface area contributed by atoms with Crippen LogP contribution in [0.15, 0.2) is 30.3 Å².